The third kappa shape index (κ3) is 5.96. The monoisotopic (exact) mass is 1070 g/mol. The molecule has 5 heteroatoms. The lowest BCUT2D eigenvalue weighted by atomic mass is 9.65. The zero-order valence-electron chi connectivity index (χ0n) is 43.8. The van der Waals surface area contributed by atoms with E-state index in [4.69, 9.17) is 0 Å². The molecule has 0 radical (unpaired) electrons. The summed E-state index contributed by atoms with van der Waals surface area (Å²) in [5, 5.41) is 7.10. The largest absolute Gasteiger partial charge is 0.310 e. The molecule has 0 saturated heterocycles. The molecule has 0 atom stereocenters. The molecule has 2 spiro atoms. The molecule has 14 aromatic rings. The first-order valence-electron chi connectivity index (χ1n) is 27.9. The van der Waals surface area contributed by atoms with Gasteiger partial charge in [-0.25, -0.2) is 0 Å². The second-order valence-electron chi connectivity index (χ2n) is 21.9. The highest BCUT2D eigenvalue weighted by atomic mass is 32.1. The van der Waals surface area contributed by atoms with Gasteiger partial charge in [0, 0.05) is 49.0 Å². The number of thiophene rings is 2. The Balaban J connectivity index is 0.891. The molecule has 378 valence electrons. The van der Waals surface area contributed by atoms with Crippen LogP contribution in [-0.2, 0) is 10.8 Å². The van der Waals surface area contributed by atoms with Crippen LogP contribution in [0, 0.1) is 0 Å². The highest BCUT2D eigenvalue weighted by Gasteiger charge is 2.54. The molecule has 11 aromatic carbocycles. The maximum absolute atomic E-state index is 2.57. The molecule has 0 amide bonds. The highest BCUT2D eigenvalue weighted by Crippen LogP contribution is 2.67. The van der Waals surface area contributed by atoms with Crippen LogP contribution >= 0.6 is 22.7 Å². The molecule has 1 aliphatic heterocycles. The smallest absolute Gasteiger partial charge is 0.0771 e. The van der Waals surface area contributed by atoms with Crippen molar-refractivity contribution >= 4 is 78.6 Å². The van der Waals surface area contributed by atoms with Gasteiger partial charge in [0.15, 0.2) is 0 Å². The zero-order valence-corrected chi connectivity index (χ0v) is 45.4. The van der Waals surface area contributed by atoms with Crippen molar-refractivity contribution in [2.45, 2.75) is 10.8 Å². The number of anilines is 6. The molecule has 18 rings (SSSR count). The van der Waals surface area contributed by atoms with E-state index in [9.17, 15) is 0 Å². The lowest BCUT2D eigenvalue weighted by Gasteiger charge is -2.44. The number of rotatable bonds is 6. The molecule has 4 heterocycles. The van der Waals surface area contributed by atoms with Crippen LogP contribution in [0.3, 0.4) is 0 Å². The fourth-order valence-electron chi connectivity index (χ4n) is 15.0. The van der Waals surface area contributed by atoms with Gasteiger partial charge in [0.25, 0.3) is 0 Å². The fraction of sp³-hybridized carbons (Fsp3) is 0.0263. The minimum Gasteiger partial charge on any atom is -0.310 e. The van der Waals surface area contributed by atoms with Gasteiger partial charge in [-0.15, -0.1) is 22.7 Å². The summed E-state index contributed by atoms with van der Waals surface area (Å²) < 4.78 is 2.47. The van der Waals surface area contributed by atoms with Crippen LogP contribution in [-0.4, -0.2) is 4.57 Å². The number of aromatic nitrogens is 1. The molecule has 0 bridgehead atoms. The number of para-hydroxylation sites is 3. The van der Waals surface area contributed by atoms with Gasteiger partial charge in [-0.1, -0.05) is 182 Å². The lowest BCUT2D eigenvalue weighted by molar-refractivity contribution is 0.757. The van der Waals surface area contributed by atoms with E-state index in [-0.39, 0.29) is 0 Å². The van der Waals surface area contributed by atoms with Gasteiger partial charge < -0.3 is 14.4 Å². The van der Waals surface area contributed by atoms with Crippen LogP contribution < -0.4 is 9.80 Å². The molecule has 3 aromatic heterocycles. The van der Waals surface area contributed by atoms with Crippen molar-refractivity contribution in [2.75, 3.05) is 9.80 Å². The van der Waals surface area contributed by atoms with Crippen LogP contribution in [0.1, 0.15) is 44.5 Å². The van der Waals surface area contributed by atoms with E-state index in [1.54, 1.807) is 0 Å². The van der Waals surface area contributed by atoms with Crippen molar-refractivity contribution in [3.8, 4) is 48.8 Å². The fourth-order valence-corrected chi connectivity index (χ4v) is 17.1. The Hall–Kier alpha value is -9.78. The van der Waals surface area contributed by atoms with Crippen LogP contribution in [0.2, 0.25) is 0 Å². The van der Waals surface area contributed by atoms with E-state index >= 15 is 0 Å². The summed E-state index contributed by atoms with van der Waals surface area (Å²) >= 11 is 3.74. The predicted molar refractivity (Wildman–Crippen MR) is 338 cm³/mol. The Morgan fingerprint density at radius 3 is 1.52 bits per heavy atom. The summed E-state index contributed by atoms with van der Waals surface area (Å²) in [7, 11) is 0. The van der Waals surface area contributed by atoms with Gasteiger partial charge in [-0.2, -0.15) is 0 Å². The maximum atomic E-state index is 2.57. The van der Waals surface area contributed by atoms with Gasteiger partial charge in [0.05, 0.1) is 33.2 Å². The first-order valence-corrected chi connectivity index (χ1v) is 29.6. The molecule has 3 nitrogen and oxygen atoms in total. The Bertz CT molecular complexity index is 4800. The van der Waals surface area contributed by atoms with E-state index < -0.39 is 10.8 Å². The van der Waals surface area contributed by atoms with Crippen molar-refractivity contribution in [1.29, 1.82) is 0 Å². The van der Waals surface area contributed by atoms with Gasteiger partial charge in [0.2, 0.25) is 0 Å². The van der Waals surface area contributed by atoms with E-state index in [1.807, 2.05) is 22.7 Å². The van der Waals surface area contributed by atoms with Crippen LogP contribution in [0.5, 0.6) is 0 Å². The third-order valence-corrected chi connectivity index (χ3v) is 20.2. The van der Waals surface area contributed by atoms with Crippen molar-refractivity contribution in [3.05, 3.63) is 328 Å². The van der Waals surface area contributed by atoms with Crippen molar-refractivity contribution < 1.29 is 0 Å². The molecule has 4 aliphatic rings. The number of hydrogen-bond donors (Lipinski definition) is 0. The molecular formula is C76H47N3S2. The highest BCUT2D eigenvalue weighted by molar-refractivity contribution is 7.21. The molecule has 0 saturated carbocycles. The van der Waals surface area contributed by atoms with Crippen LogP contribution in [0.25, 0.3) is 70.6 Å². The van der Waals surface area contributed by atoms with Crippen LogP contribution in [0.15, 0.2) is 284 Å². The maximum Gasteiger partial charge on any atom is 0.0771 e. The van der Waals surface area contributed by atoms with Gasteiger partial charge in [-0.3, -0.25) is 0 Å². The quantitative estimate of drug-likeness (QED) is 0.164. The zero-order chi connectivity index (χ0) is 53.0. The third-order valence-electron chi connectivity index (χ3n) is 18.2. The molecule has 3 aliphatic carbocycles. The average molecular weight is 1070 g/mol. The molecular weight excluding hydrogens is 1020 g/mol. The number of nitrogens with zero attached hydrogens (tertiary/aromatic N) is 3. The van der Waals surface area contributed by atoms with Crippen molar-refractivity contribution in [2.24, 2.45) is 0 Å². The Kier molecular flexibility index (Phi) is 9.40. The van der Waals surface area contributed by atoms with Crippen molar-refractivity contribution in [1.82, 2.24) is 4.57 Å². The summed E-state index contributed by atoms with van der Waals surface area (Å²) in [4.78, 5) is 7.81. The van der Waals surface area contributed by atoms with E-state index in [2.05, 4.69) is 298 Å². The summed E-state index contributed by atoms with van der Waals surface area (Å²) in [6, 6.07) is 103. The second-order valence-corrected chi connectivity index (χ2v) is 23.7. The minimum absolute atomic E-state index is 0.491. The van der Waals surface area contributed by atoms with Gasteiger partial charge in [-0.05, 0) is 180 Å². The van der Waals surface area contributed by atoms with Gasteiger partial charge >= 0.3 is 0 Å². The van der Waals surface area contributed by atoms with E-state index in [0.717, 1.165) is 28.4 Å². The normalized spacial score (nSPS) is 14.1. The Morgan fingerprint density at radius 2 is 0.827 bits per heavy atom. The molecule has 0 unspecified atom stereocenters. The lowest BCUT2D eigenvalue weighted by Crippen LogP contribution is -2.36. The first kappa shape index (κ1) is 45.1. The minimum atomic E-state index is -0.531. The average Bonchev–Trinajstić information content (AvgIpc) is 3.87. The summed E-state index contributed by atoms with van der Waals surface area (Å²) in [5.41, 5.74) is 27.3. The standard InChI is InChI=1S/C76H47N3S2/c1-3-18-48(19-4-1)49-34-36-51(37-35-49)77(54-38-39-58-57-26-9-13-30-63(57)75(67(58)45-54)61-28-11-7-24-55(61)56-25-8-12-29-62(56)75)52-22-17-23-53(44-52)79-70-33-16-14-31-64(70)76(65-40-42-80-73(65)74-66(76)41-43-81-74)68-46-60-59-27-10-15-32-69(59)78(71(60)47-72(68)79)50-20-5-2-6-21-50/h1-47H. The predicted octanol–water partition coefficient (Wildman–Crippen LogP) is 20.5. The number of benzene rings is 11. The first-order chi connectivity index (χ1) is 40.2. The molecule has 81 heavy (non-hydrogen) atoms. The SMILES string of the molecule is c1ccc(-c2ccc(N(c3cccc(N4c5ccccc5C5(c6cc7c8ccccc8n(-c8ccccc8)c7cc64)c4ccsc4-c4sccc45)c3)c3ccc4c(c3)C3(c5ccccc5-c5ccccc53)c3ccccc3-4)cc2)cc1. The Morgan fingerprint density at radius 1 is 0.296 bits per heavy atom. The van der Waals surface area contributed by atoms with E-state index in [1.165, 1.54) is 121 Å². The second kappa shape index (κ2) is 16.9. The number of hydrogen-bond acceptors (Lipinski definition) is 4. The Labute approximate surface area is 477 Å². The molecule has 0 N–H and O–H groups in total. The summed E-state index contributed by atoms with van der Waals surface area (Å²) in [5.74, 6) is 0. The van der Waals surface area contributed by atoms with Crippen molar-refractivity contribution in [3.63, 3.8) is 0 Å². The van der Waals surface area contributed by atoms with Gasteiger partial charge in [0.1, 0.15) is 0 Å². The summed E-state index contributed by atoms with van der Waals surface area (Å²) in [6.45, 7) is 0. The van der Waals surface area contributed by atoms with E-state index in [0.29, 0.717) is 0 Å². The van der Waals surface area contributed by atoms with Crippen LogP contribution in [0.4, 0.5) is 34.1 Å². The number of fused-ring (bicyclic) bond motifs is 22. The molecule has 0 fully saturated rings. The topological polar surface area (TPSA) is 11.4 Å². The summed E-state index contributed by atoms with van der Waals surface area (Å²) in [6.07, 6.45) is 0.